The molecule has 7 rings (SSSR count). The van der Waals surface area contributed by atoms with Crippen LogP contribution in [0.1, 0.15) is 44.5 Å². The van der Waals surface area contributed by atoms with Crippen molar-refractivity contribution in [3.63, 3.8) is 0 Å². The molecule has 6 aromatic carbocycles. The van der Waals surface area contributed by atoms with Crippen molar-refractivity contribution < 1.29 is 28.4 Å². The molecule has 6 nitrogen and oxygen atoms in total. The molecule has 0 radical (unpaired) electrons. The van der Waals surface area contributed by atoms with Gasteiger partial charge < -0.3 is 28.4 Å². The minimum Gasteiger partial charge on any atom is -0.487 e. The summed E-state index contributed by atoms with van der Waals surface area (Å²) in [5.41, 5.74) is 6.48. The Morgan fingerprint density at radius 1 is 0.259 bits per heavy atom. The van der Waals surface area contributed by atoms with Gasteiger partial charge in [0, 0.05) is 68.8 Å². The fourth-order valence-electron chi connectivity index (χ4n) is 5.68. The maximum Gasteiger partial charge on any atom is 0.162 e. The number of fused-ring (bicyclic) bond motifs is 2. The SMILES string of the molecule is C(#Cc1cc2c(cc1C#Cc1ccccc1)OCCOCCOc1cc(C#Cc3ccccc3)c(C#Cc3ccccc3)cc1OCCOCCO2)c1ccccc1. The van der Waals surface area contributed by atoms with E-state index < -0.39 is 0 Å². The average Bonchev–Trinajstić information content (AvgIpc) is 3.27. The summed E-state index contributed by atoms with van der Waals surface area (Å²) in [6, 6.07) is 46.9. The molecular formula is C52H40O6. The number of hydrogen-bond donors (Lipinski definition) is 0. The molecule has 0 fully saturated rings. The lowest BCUT2D eigenvalue weighted by molar-refractivity contribution is 0.0640. The highest BCUT2D eigenvalue weighted by molar-refractivity contribution is 5.62. The van der Waals surface area contributed by atoms with Gasteiger partial charge in [-0.05, 0) is 48.5 Å². The normalized spacial score (nSPS) is 12.8. The van der Waals surface area contributed by atoms with E-state index in [0.29, 0.717) is 49.4 Å². The van der Waals surface area contributed by atoms with E-state index >= 15 is 0 Å². The van der Waals surface area contributed by atoms with Gasteiger partial charge >= 0.3 is 0 Å². The lowest BCUT2D eigenvalue weighted by Gasteiger charge is -2.17. The lowest BCUT2D eigenvalue weighted by atomic mass is 10.1. The molecule has 0 aliphatic carbocycles. The Balaban J connectivity index is 1.11. The molecule has 0 saturated heterocycles. The first-order valence-corrected chi connectivity index (χ1v) is 19.1. The second kappa shape index (κ2) is 21.1. The molecule has 0 unspecified atom stereocenters. The topological polar surface area (TPSA) is 55.4 Å². The molecule has 0 bridgehead atoms. The molecule has 1 heterocycles. The molecule has 0 N–H and O–H groups in total. The summed E-state index contributed by atoms with van der Waals surface area (Å²) in [6.45, 7) is 2.36. The van der Waals surface area contributed by atoms with Gasteiger partial charge in [0.25, 0.3) is 0 Å². The molecule has 6 aromatic rings. The van der Waals surface area contributed by atoms with E-state index in [1.54, 1.807) is 0 Å². The van der Waals surface area contributed by atoms with Crippen LogP contribution in [0.15, 0.2) is 146 Å². The summed E-state index contributed by atoms with van der Waals surface area (Å²) in [4.78, 5) is 0. The van der Waals surface area contributed by atoms with E-state index in [2.05, 4.69) is 47.4 Å². The van der Waals surface area contributed by atoms with E-state index in [0.717, 1.165) is 44.5 Å². The van der Waals surface area contributed by atoms with Gasteiger partial charge in [0.1, 0.15) is 26.4 Å². The van der Waals surface area contributed by atoms with Gasteiger partial charge in [-0.25, -0.2) is 0 Å². The van der Waals surface area contributed by atoms with Crippen LogP contribution in [0.3, 0.4) is 0 Å². The number of benzene rings is 6. The second-order valence-electron chi connectivity index (χ2n) is 12.8. The largest absolute Gasteiger partial charge is 0.487 e. The van der Waals surface area contributed by atoms with Crippen molar-refractivity contribution in [2.45, 2.75) is 0 Å². The van der Waals surface area contributed by atoms with Crippen LogP contribution >= 0.6 is 0 Å². The zero-order valence-electron chi connectivity index (χ0n) is 32.0. The summed E-state index contributed by atoms with van der Waals surface area (Å²) in [6.07, 6.45) is 0. The number of ether oxygens (including phenoxy) is 6. The maximum atomic E-state index is 6.25. The van der Waals surface area contributed by atoms with Crippen LogP contribution in [0.25, 0.3) is 0 Å². The average molecular weight is 761 g/mol. The molecule has 6 heteroatoms. The van der Waals surface area contributed by atoms with Crippen LogP contribution < -0.4 is 18.9 Å². The molecule has 0 atom stereocenters. The molecule has 1 aliphatic rings. The van der Waals surface area contributed by atoms with Gasteiger partial charge in [-0.2, -0.15) is 0 Å². The summed E-state index contributed by atoms with van der Waals surface area (Å²) >= 11 is 0. The van der Waals surface area contributed by atoms with E-state index in [4.69, 9.17) is 28.4 Å². The quantitative estimate of drug-likeness (QED) is 0.145. The minimum atomic E-state index is 0.274. The minimum absolute atomic E-state index is 0.274. The predicted molar refractivity (Wildman–Crippen MR) is 226 cm³/mol. The Morgan fingerprint density at radius 2 is 0.483 bits per heavy atom. The van der Waals surface area contributed by atoms with Crippen molar-refractivity contribution in [3.8, 4) is 70.4 Å². The Morgan fingerprint density at radius 3 is 0.707 bits per heavy atom. The van der Waals surface area contributed by atoms with E-state index in [9.17, 15) is 0 Å². The van der Waals surface area contributed by atoms with E-state index in [1.807, 2.05) is 146 Å². The van der Waals surface area contributed by atoms with Gasteiger partial charge in [0.2, 0.25) is 0 Å². The zero-order valence-corrected chi connectivity index (χ0v) is 32.0. The molecule has 0 amide bonds. The zero-order chi connectivity index (χ0) is 39.5. The summed E-state index contributed by atoms with van der Waals surface area (Å²) in [5.74, 6) is 28.4. The van der Waals surface area contributed by atoms with Crippen LogP contribution in [0, 0.1) is 47.4 Å². The highest BCUT2D eigenvalue weighted by Gasteiger charge is 2.14. The summed E-state index contributed by atoms with van der Waals surface area (Å²) < 4.78 is 36.9. The molecule has 1 aliphatic heterocycles. The van der Waals surface area contributed by atoms with Gasteiger partial charge in [-0.3, -0.25) is 0 Å². The highest BCUT2D eigenvalue weighted by atomic mass is 16.6. The second-order valence-corrected chi connectivity index (χ2v) is 12.8. The van der Waals surface area contributed by atoms with Crippen LogP contribution in [-0.2, 0) is 9.47 Å². The first-order chi connectivity index (χ1) is 28.8. The number of hydrogen-bond acceptors (Lipinski definition) is 6. The summed E-state index contributed by atoms with van der Waals surface area (Å²) in [7, 11) is 0. The van der Waals surface area contributed by atoms with Crippen LogP contribution in [0.4, 0.5) is 0 Å². The van der Waals surface area contributed by atoms with Gasteiger partial charge in [-0.15, -0.1) is 0 Å². The third kappa shape index (κ3) is 11.8. The van der Waals surface area contributed by atoms with Crippen LogP contribution in [0.2, 0.25) is 0 Å². The molecular weight excluding hydrogens is 721 g/mol. The van der Waals surface area contributed by atoms with Gasteiger partial charge in [-0.1, -0.05) is 120 Å². The van der Waals surface area contributed by atoms with Gasteiger partial charge in [0.15, 0.2) is 23.0 Å². The first-order valence-electron chi connectivity index (χ1n) is 19.1. The molecule has 0 spiro atoms. The lowest BCUT2D eigenvalue weighted by Crippen LogP contribution is -2.15. The van der Waals surface area contributed by atoms with E-state index in [1.165, 1.54) is 0 Å². The smallest absolute Gasteiger partial charge is 0.162 e. The maximum absolute atomic E-state index is 6.25. The monoisotopic (exact) mass is 760 g/mol. The van der Waals surface area contributed by atoms with Crippen molar-refractivity contribution in [2.75, 3.05) is 52.9 Å². The van der Waals surface area contributed by atoms with Crippen molar-refractivity contribution in [3.05, 3.63) is 190 Å². The molecule has 284 valence electrons. The van der Waals surface area contributed by atoms with Crippen molar-refractivity contribution in [2.24, 2.45) is 0 Å². The summed E-state index contributed by atoms with van der Waals surface area (Å²) in [5, 5.41) is 0. The van der Waals surface area contributed by atoms with Crippen molar-refractivity contribution >= 4 is 0 Å². The first kappa shape index (κ1) is 38.9. The molecule has 0 aromatic heterocycles. The van der Waals surface area contributed by atoms with Crippen LogP contribution in [0.5, 0.6) is 23.0 Å². The third-order valence-corrected chi connectivity index (χ3v) is 8.57. The fourth-order valence-corrected chi connectivity index (χ4v) is 5.68. The molecule has 58 heavy (non-hydrogen) atoms. The van der Waals surface area contributed by atoms with Gasteiger partial charge in [0.05, 0.1) is 26.4 Å². The highest BCUT2D eigenvalue weighted by Crippen LogP contribution is 2.32. The number of rotatable bonds is 0. The molecule has 0 saturated carbocycles. The Hall–Kier alpha value is -7.32. The third-order valence-electron chi connectivity index (χ3n) is 8.57. The van der Waals surface area contributed by atoms with Crippen molar-refractivity contribution in [1.29, 1.82) is 0 Å². The standard InChI is InChI=1S/C52H40O6/c1-5-13-41(14-6-1)21-25-45-37-49-50(38-46(45)26-22-42-15-7-2-8-16-42)56-34-30-54-32-36-58-52-40-48(28-24-44-19-11-4-12-20-44)47(27-23-43-17-9-3-10-18-43)39-51(52)57-35-31-53-29-33-55-49/h1-20,37-40H,29-36H2. The fraction of sp³-hybridized carbons (Fsp3) is 0.154. The van der Waals surface area contributed by atoms with E-state index in [-0.39, 0.29) is 26.4 Å². The predicted octanol–water partition coefficient (Wildman–Crippen LogP) is 8.55. The Kier molecular flexibility index (Phi) is 14.2. The van der Waals surface area contributed by atoms with Crippen LogP contribution in [-0.4, -0.2) is 52.9 Å². The Bertz CT molecular complexity index is 2170. The Labute approximate surface area is 340 Å². The van der Waals surface area contributed by atoms with Crippen molar-refractivity contribution in [1.82, 2.24) is 0 Å².